The predicted molar refractivity (Wildman–Crippen MR) is 97.1 cm³/mol. The fourth-order valence-corrected chi connectivity index (χ4v) is 3.39. The molecular formula is C19H23N3O2. The summed E-state index contributed by atoms with van der Waals surface area (Å²) in [5, 5.41) is 11.6. The number of nitrogens with zero attached hydrogens (tertiary/aromatic N) is 3. The molecular weight excluding hydrogens is 302 g/mol. The number of fused-ring (bicyclic) bond motifs is 2. The Labute approximate surface area is 142 Å². The summed E-state index contributed by atoms with van der Waals surface area (Å²) in [6.45, 7) is 1.72. The molecule has 0 bridgehead atoms. The van der Waals surface area contributed by atoms with Crippen molar-refractivity contribution in [1.82, 2.24) is 4.90 Å². The normalized spacial score (nSPS) is 13.4. The van der Waals surface area contributed by atoms with Crippen LogP contribution in [0, 0.1) is 10.1 Å². The minimum Gasteiger partial charge on any atom is -0.335 e. The van der Waals surface area contributed by atoms with Gasteiger partial charge in [-0.1, -0.05) is 30.3 Å². The molecule has 0 amide bonds. The van der Waals surface area contributed by atoms with E-state index < -0.39 is 0 Å². The molecule has 0 saturated heterocycles. The molecule has 0 fully saturated rings. The van der Waals surface area contributed by atoms with E-state index in [1.807, 2.05) is 32.3 Å². The van der Waals surface area contributed by atoms with Gasteiger partial charge in [-0.25, -0.2) is 0 Å². The Morgan fingerprint density at radius 3 is 2.54 bits per heavy atom. The first-order valence-electron chi connectivity index (χ1n) is 8.34. The Morgan fingerprint density at radius 1 is 1.08 bits per heavy atom. The van der Waals surface area contributed by atoms with Crippen molar-refractivity contribution in [3.8, 4) is 0 Å². The quantitative estimate of drug-likeness (QED) is 0.620. The Bertz CT molecular complexity index is 743. The van der Waals surface area contributed by atoms with Crippen LogP contribution in [0.3, 0.4) is 0 Å². The smallest absolute Gasteiger partial charge is 0.293 e. The van der Waals surface area contributed by atoms with Crippen LogP contribution in [-0.4, -0.2) is 37.0 Å². The zero-order valence-electron chi connectivity index (χ0n) is 14.2. The van der Waals surface area contributed by atoms with Gasteiger partial charge in [0.05, 0.1) is 4.92 Å². The third-order valence-electron chi connectivity index (χ3n) is 4.50. The zero-order valence-corrected chi connectivity index (χ0v) is 14.2. The second kappa shape index (κ2) is 7.01. The van der Waals surface area contributed by atoms with Gasteiger partial charge in [0, 0.05) is 18.3 Å². The van der Waals surface area contributed by atoms with Gasteiger partial charge in [-0.2, -0.15) is 0 Å². The first-order valence-corrected chi connectivity index (χ1v) is 8.34. The van der Waals surface area contributed by atoms with Crippen molar-refractivity contribution in [1.29, 1.82) is 0 Å². The molecule has 5 nitrogen and oxygen atoms in total. The van der Waals surface area contributed by atoms with E-state index in [0.29, 0.717) is 0 Å². The number of aryl methyl sites for hydroxylation is 2. The summed E-state index contributed by atoms with van der Waals surface area (Å²) in [7, 11) is 4.10. The van der Waals surface area contributed by atoms with E-state index in [1.165, 1.54) is 5.56 Å². The van der Waals surface area contributed by atoms with E-state index in [2.05, 4.69) is 21.9 Å². The van der Waals surface area contributed by atoms with Crippen molar-refractivity contribution in [2.75, 3.05) is 32.1 Å². The first-order chi connectivity index (χ1) is 11.6. The van der Waals surface area contributed by atoms with Crippen LogP contribution >= 0.6 is 0 Å². The third kappa shape index (κ3) is 3.26. The summed E-state index contributed by atoms with van der Waals surface area (Å²) in [6, 6.07) is 13.7. The second-order valence-corrected chi connectivity index (χ2v) is 6.48. The van der Waals surface area contributed by atoms with Gasteiger partial charge in [0.15, 0.2) is 0 Å². The highest BCUT2D eigenvalue weighted by Crippen LogP contribution is 2.41. The van der Waals surface area contributed by atoms with E-state index in [-0.39, 0.29) is 10.6 Å². The molecule has 2 aromatic carbocycles. The summed E-state index contributed by atoms with van der Waals surface area (Å²) < 4.78 is 0. The number of nitro groups is 1. The van der Waals surface area contributed by atoms with Crippen LogP contribution in [0.25, 0.3) is 0 Å². The summed E-state index contributed by atoms with van der Waals surface area (Å²) in [5.41, 5.74) is 4.39. The molecule has 0 aliphatic carbocycles. The van der Waals surface area contributed by atoms with Crippen molar-refractivity contribution in [3.63, 3.8) is 0 Å². The van der Waals surface area contributed by atoms with Crippen LogP contribution in [0.4, 0.5) is 17.1 Å². The van der Waals surface area contributed by atoms with Gasteiger partial charge < -0.3 is 9.80 Å². The lowest BCUT2D eigenvalue weighted by molar-refractivity contribution is -0.384. The topological polar surface area (TPSA) is 49.6 Å². The maximum Gasteiger partial charge on any atom is 0.293 e. The molecule has 2 aromatic rings. The second-order valence-electron chi connectivity index (χ2n) is 6.48. The van der Waals surface area contributed by atoms with Gasteiger partial charge in [-0.05, 0) is 57.1 Å². The average Bonchev–Trinajstić information content (AvgIpc) is 2.72. The molecule has 126 valence electrons. The molecule has 1 aliphatic heterocycles. The molecule has 0 aromatic heterocycles. The van der Waals surface area contributed by atoms with Crippen molar-refractivity contribution < 1.29 is 4.92 Å². The largest absolute Gasteiger partial charge is 0.335 e. The molecule has 0 atom stereocenters. The molecule has 0 N–H and O–H groups in total. The molecule has 1 heterocycles. The number of para-hydroxylation sites is 2. The van der Waals surface area contributed by atoms with E-state index in [0.717, 1.165) is 49.3 Å². The number of hydrogen-bond acceptors (Lipinski definition) is 4. The van der Waals surface area contributed by atoms with E-state index >= 15 is 0 Å². The standard InChI is InChI=1S/C19H23N3O2/c1-20(2)13-6-14-21-17-9-4-3-7-15(17)11-12-16-8-5-10-18(19(16)21)22(23)24/h3-5,7-10H,6,11-14H2,1-2H3. The summed E-state index contributed by atoms with van der Waals surface area (Å²) in [5.74, 6) is 0. The monoisotopic (exact) mass is 325 g/mol. The van der Waals surface area contributed by atoms with Crippen LogP contribution in [0.2, 0.25) is 0 Å². The highest BCUT2D eigenvalue weighted by molar-refractivity contribution is 5.78. The van der Waals surface area contributed by atoms with E-state index in [4.69, 9.17) is 0 Å². The van der Waals surface area contributed by atoms with Crippen molar-refractivity contribution in [2.45, 2.75) is 19.3 Å². The highest BCUT2D eigenvalue weighted by atomic mass is 16.6. The maximum absolute atomic E-state index is 11.6. The van der Waals surface area contributed by atoms with Crippen LogP contribution in [-0.2, 0) is 12.8 Å². The van der Waals surface area contributed by atoms with Gasteiger partial charge >= 0.3 is 0 Å². The molecule has 0 unspecified atom stereocenters. The van der Waals surface area contributed by atoms with E-state index in [1.54, 1.807) is 12.1 Å². The predicted octanol–water partition coefficient (Wildman–Crippen LogP) is 3.78. The maximum atomic E-state index is 11.6. The fraction of sp³-hybridized carbons (Fsp3) is 0.368. The van der Waals surface area contributed by atoms with Crippen molar-refractivity contribution >= 4 is 17.1 Å². The summed E-state index contributed by atoms with van der Waals surface area (Å²) >= 11 is 0. The lowest BCUT2D eigenvalue weighted by Crippen LogP contribution is -2.24. The Balaban J connectivity index is 2.08. The van der Waals surface area contributed by atoms with Crippen LogP contribution in [0.15, 0.2) is 42.5 Å². The highest BCUT2D eigenvalue weighted by Gasteiger charge is 2.27. The van der Waals surface area contributed by atoms with Gasteiger partial charge in [0.2, 0.25) is 0 Å². The lowest BCUT2D eigenvalue weighted by atomic mass is 10.0. The molecule has 24 heavy (non-hydrogen) atoms. The van der Waals surface area contributed by atoms with Gasteiger partial charge in [0.1, 0.15) is 5.69 Å². The Kier molecular flexibility index (Phi) is 4.81. The van der Waals surface area contributed by atoms with Crippen LogP contribution in [0.5, 0.6) is 0 Å². The number of rotatable bonds is 5. The third-order valence-corrected chi connectivity index (χ3v) is 4.50. The van der Waals surface area contributed by atoms with Gasteiger partial charge in [0.25, 0.3) is 5.69 Å². The molecule has 0 saturated carbocycles. The fourth-order valence-electron chi connectivity index (χ4n) is 3.39. The molecule has 1 aliphatic rings. The number of benzene rings is 2. The summed E-state index contributed by atoms with van der Waals surface area (Å²) in [6.07, 6.45) is 2.69. The molecule has 0 spiro atoms. The zero-order chi connectivity index (χ0) is 17.1. The minimum absolute atomic E-state index is 0.203. The number of hydrogen-bond donors (Lipinski definition) is 0. The molecule has 0 radical (unpaired) electrons. The number of nitro benzene ring substituents is 1. The Morgan fingerprint density at radius 2 is 1.79 bits per heavy atom. The molecule has 5 heteroatoms. The van der Waals surface area contributed by atoms with Crippen molar-refractivity contribution in [2.24, 2.45) is 0 Å². The molecule has 3 rings (SSSR count). The van der Waals surface area contributed by atoms with Crippen molar-refractivity contribution in [3.05, 3.63) is 63.7 Å². The lowest BCUT2D eigenvalue weighted by Gasteiger charge is -2.27. The van der Waals surface area contributed by atoms with Crippen LogP contribution in [0.1, 0.15) is 17.5 Å². The SMILES string of the molecule is CN(C)CCCN1c2ccccc2CCc2cccc([N+](=O)[O-])c21. The summed E-state index contributed by atoms with van der Waals surface area (Å²) in [4.78, 5) is 15.6. The van der Waals surface area contributed by atoms with E-state index in [9.17, 15) is 10.1 Å². The van der Waals surface area contributed by atoms with Gasteiger partial charge in [-0.3, -0.25) is 10.1 Å². The average molecular weight is 325 g/mol. The minimum atomic E-state index is -0.258. The number of anilines is 2. The Hall–Kier alpha value is -2.40. The first kappa shape index (κ1) is 16.5. The van der Waals surface area contributed by atoms with Crippen LogP contribution < -0.4 is 4.90 Å². The van der Waals surface area contributed by atoms with Gasteiger partial charge in [-0.15, -0.1) is 0 Å².